The Hall–Kier alpha value is -3.44. The average molecular weight is 488 g/mol. The molecule has 11 heteroatoms. The van der Waals surface area contributed by atoms with Crippen LogP contribution in [0.1, 0.15) is 26.4 Å². The molecule has 3 aromatic rings. The van der Waals surface area contributed by atoms with Gasteiger partial charge in [0, 0.05) is 29.6 Å². The van der Waals surface area contributed by atoms with Gasteiger partial charge >= 0.3 is 5.69 Å². The first kappa shape index (κ1) is 22.7. The molecule has 1 aliphatic heterocycles. The van der Waals surface area contributed by atoms with Gasteiger partial charge in [-0.05, 0) is 60.2 Å². The monoisotopic (exact) mass is 487 g/mol. The number of rotatable bonds is 6. The number of thiophene rings is 1. The van der Waals surface area contributed by atoms with Gasteiger partial charge in [-0.3, -0.25) is 19.6 Å². The van der Waals surface area contributed by atoms with Crippen LogP contribution in [-0.2, 0) is 23.0 Å². The molecule has 0 fully saturated rings. The average Bonchev–Trinajstić information content (AvgIpc) is 3.27. The molecule has 33 heavy (non-hydrogen) atoms. The van der Waals surface area contributed by atoms with Crippen molar-refractivity contribution in [1.29, 1.82) is 0 Å². The molecule has 1 amide bonds. The number of nitrogens with zero attached hydrogens (tertiary/aromatic N) is 2. The molecule has 0 atom stereocenters. The Bertz CT molecular complexity index is 1350. The second-order valence-corrected chi connectivity index (χ2v) is 10.2. The summed E-state index contributed by atoms with van der Waals surface area (Å²) in [6.45, 7) is 2.78. The van der Waals surface area contributed by atoms with Gasteiger partial charge in [-0.15, -0.1) is 11.3 Å². The smallest absolute Gasteiger partial charge is 0.312 e. The number of nitro groups is 1. The number of amides is 1. The molecule has 4 rings (SSSR count). The van der Waals surface area contributed by atoms with Crippen LogP contribution in [0.3, 0.4) is 0 Å². The van der Waals surface area contributed by atoms with Crippen molar-refractivity contribution in [2.45, 2.75) is 24.8 Å². The van der Waals surface area contributed by atoms with Crippen LogP contribution < -0.4 is 9.46 Å². The summed E-state index contributed by atoms with van der Waals surface area (Å²) in [5, 5.41) is 13.3. The van der Waals surface area contributed by atoms with Crippen LogP contribution in [0.4, 0.5) is 11.4 Å². The second kappa shape index (κ2) is 8.83. The summed E-state index contributed by atoms with van der Waals surface area (Å²) >= 11 is 1.69. The Morgan fingerprint density at radius 1 is 1.24 bits per heavy atom. The molecule has 1 aromatic heterocycles. The van der Waals surface area contributed by atoms with Crippen molar-refractivity contribution in [3.63, 3.8) is 0 Å². The Kier molecular flexibility index (Phi) is 6.09. The zero-order valence-electron chi connectivity index (χ0n) is 17.9. The fourth-order valence-electron chi connectivity index (χ4n) is 3.75. The van der Waals surface area contributed by atoms with E-state index in [4.69, 9.17) is 4.74 Å². The number of carbonyl (C=O) groups is 1. The number of anilines is 1. The van der Waals surface area contributed by atoms with Crippen LogP contribution in [0.15, 0.2) is 52.7 Å². The number of benzene rings is 2. The fraction of sp³-hybridized carbons (Fsp3) is 0.227. The molecule has 172 valence electrons. The maximum Gasteiger partial charge on any atom is 0.312 e. The fourth-order valence-corrected chi connectivity index (χ4v) is 5.79. The highest BCUT2D eigenvalue weighted by Gasteiger charge is 2.26. The van der Waals surface area contributed by atoms with E-state index in [1.807, 2.05) is 11.4 Å². The molecular weight excluding hydrogens is 466 g/mol. The van der Waals surface area contributed by atoms with Crippen molar-refractivity contribution in [3.8, 4) is 5.75 Å². The summed E-state index contributed by atoms with van der Waals surface area (Å²) in [7, 11) is -2.88. The van der Waals surface area contributed by atoms with Gasteiger partial charge in [-0.1, -0.05) is 6.07 Å². The number of hydrogen-bond donors (Lipinski definition) is 1. The Morgan fingerprint density at radius 3 is 2.76 bits per heavy atom. The topological polar surface area (TPSA) is 119 Å². The van der Waals surface area contributed by atoms with E-state index in [0.717, 1.165) is 18.1 Å². The lowest BCUT2D eigenvalue weighted by Gasteiger charge is -2.28. The minimum atomic E-state index is -4.15. The Morgan fingerprint density at radius 2 is 2.03 bits per heavy atom. The number of ether oxygens (including phenoxy) is 1. The van der Waals surface area contributed by atoms with Gasteiger partial charge < -0.3 is 9.64 Å². The number of nitro benzene ring substituents is 1. The summed E-state index contributed by atoms with van der Waals surface area (Å²) < 4.78 is 33.3. The molecule has 2 aromatic carbocycles. The van der Waals surface area contributed by atoms with Crippen molar-refractivity contribution in [3.05, 3.63) is 79.5 Å². The maximum absolute atomic E-state index is 13.2. The van der Waals surface area contributed by atoms with E-state index >= 15 is 0 Å². The van der Waals surface area contributed by atoms with Crippen LogP contribution >= 0.6 is 11.3 Å². The first-order valence-electron chi connectivity index (χ1n) is 10.0. The SMILES string of the molecule is COc1ccc(S(=O)(=O)Nc2cccc(C(=O)N3CCc4sccc4C3)c2C)cc1[N+](=O)[O-]. The van der Waals surface area contributed by atoms with Crippen LogP contribution in [0.5, 0.6) is 5.75 Å². The third-order valence-electron chi connectivity index (χ3n) is 5.56. The lowest BCUT2D eigenvalue weighted by Crippen LogP contribution is -2.35. The predicted molar refractivity (Wildman–Crippen MR) is 124 cm³/mol. The molecule has 1 N–H and O–H groups in total. The van der Waals surface area contributed by atoms with E-state index in [1.54, 1.807) is 41.4 Å². The van der Waals surface area contributed by atoms with Crippen molar-refractivity contribution in [1.82, 2.24) is 4.90 Å². The van der Waals surface area contributed by atoms with Gasteiger partial charge in [0.05, 0.1) is 22.6 Å². The third-order valence-corrected chi connectivity index (χ3v) is 7.95. The molecule has 0 saturated carbocycles. The van der Waals surface area contributed by atoms with Gasteiger partial charge in [-0.25, -0.2) is 8.42 Å². The van der Waals surface area contributed by atoms with Gasteiger partial charge in [0.1, 0.15) is 0 Å². The van der Waals surface area contributed by atoms with E-state index in [0.29, 0.717) is 24.2 Å². The molecule has 2 heterocycles. The number of fused-ring (bicyclic) bond motifs is 1. The summed E-state index contributed by atoms with van der Waals surface area (Å²) in [5.41, 5.74) is 1.78. The first-order chi connectivity index (χ1) is 15.7. The van der Waals surface area contributed by atoms with Crippen LogP contribution in [-0.4, -0.2) is 37.8 Å². The zero-order chi connectivity index (χ0) is 23.8. The zero-order valence-corrected chi connectivity index (χ0v) is 19.5. The van der Waals surface area contributed by atoms with Crippen molar-refractivity contribution in [2.24, 2.45) is 0 Å². The summed E-state index contributed by atoms with van der Waals surface area (Å²) in [5.74, 6) is -0.219. The minimum Gasteiger partial charge on any atom is -0.490 e. The van der Waals surface area contributed by atoms with Gasteiger partial charge in [0.2, 0.25) is 0 Å². The van der Waals surface area contributed by atoms with E-state index in [-0.39, 0.29) is 22.2 Å². The van der Waals surface area contributed by atoms with E-state index in [2.05, 4.69) is 4.72 Å². The van der Waals surface area contributed by atoms with Gasteiger partial charge in [0.25, 0.3) is 15.9 Å². The lowest BCUT2D eigenvalue weighted by atomic mass is 10.0. The summed E-state index contributed by atoms with van der Waals surface area (Å²) in [6, 6.07) is 10.2. The van der Waals surface area contributed by atoms with Crippen molar-refractivity contribution in [2.75, 3.05) is 18.4 Å². The van der Waals surface area contributed by atoms with E-state index in [1.165, 1.54) is 24.1 Å². The second-order valence-electron chi connectivity index (χ2n) is 7.52. The maximum atomic E-state index is 13.2. The van der Waals surface area contributed by atoms with Crippen molar-refractivity contribution < 1.29 is 22.9 Å². The molecule has 0 bridgehead atoms. The first-order valence-corrected chi connectivity index (χ1v) is 12.4. The van der Waals surface area contributed by atoms with Crippen LogP contribution in [0.25, 0.3) is 0 Å². The third kappa shape index (κ3) is 4.41. The largest absolute Gasteiger partial charge is 0.490 e. The van der Waals surface area contributed by atoms with E-state index < -0.39 is 20.6 Å². The molecule has 9 nitrogen and oxygen atoms in total. The van der Waals surface area contributed by atoms with Gasteiger partial charge in [0.15, 0.2) is 5.75 Å². The molecule has 0 unspecified atom stereocenters. The Labute approximate surface area is 194 Å². The summed E-state index contributed by atoms with van der Waals surface area (Å²) in [6.07, 6.45) is 0.792. The molecule has 1 aliphatic rings. The standard InChI is InChI=1S/C22H21N3O6S2/c1-14-17(22(26)24-10-8-21-15(13-24)9-11-32-21)4-3-5-18(14)23-33(29,30)16-6-7-20(31-2)19(12-16)25(27)28/h3-7,9,11-12,23H,8,10,13H2,1-2H3. The number of nitrogens with one attached hydrogen (secondary N) is 1. The molecule has 0 saturated heterocycles. The minimum absolute atomic E-state index is 0.0435. The number of carbonyl (C=O) groups excluding carboxylic acids is 1. The van der Waals surface area contributed by atoms with Crippen LogP contribution in [0.2, 0.25) is 0 Å². The molecule has 0 aliphatic carbocycles. The number of sulfonamides is 1. The quantitative estimate of drug-likeness (QED) is 0.415. The molecular formula is C22H21N3O6S2. The van der Waals surface area contributed by atoms with Gasteiger partial charge in [-0.2, -0.15) is 0 Å². The van der Waals surface area contributed by atoms with E-state index in [9.17, 15) is 23.3 Å². The Balaban J connectivity index is 1.61. The molecule has 0 radical (unpaired) electrons. The normalized spacial score (nSPS) is 13.3. The van der Waals surface area contributed by atoms with Crippen LogP contribution in [0, 0.1) is 17.0 Å². The highest BCUT2D eigenvalue weighted by Crippen LogP contribution is 2.31. The molecule has 0 spiro atoms. The highest BCUT2D eigenvalue weighted by molar-refractivity contribution is 7.92. The highest BCUT2D eigenvalue weighted by atomic mass is 32.2. The summed E-state index contributed by atoms with van der Waals surface area (Å²) in [4.78, 5) is 26.5. The number of methoxy groups -OCH3 is 1. The lowest BCUT2D eigenvalue weighted by molar-refractivity contribution is -0.386. The van der Waals surface area contributed by atoms with Crippen molar-refractivity contribution >= 4 is 38.6 Å². The number of hydrogen-bond acceptors (Lipinski definition) is 7. The predicted octanol–water partition coefficient (Wildman–Crippen LogP) is 3.97.